The van der Waals surface area contributed by atoms with Crippen LogP contribution in [0, 0.1) is 0 Å². The fraction of sp³-hybridized carbons (Fsp3) is 0.176. The number of H-pyrrole nitrogens is 1. The molecule has 0 saturated heterocycles. The van der Waals surface area contributed by atoms with Crippen LogP contribution in [-0.2, 0) is 6.42 Å². The maximum Gasteiger partial charge on any atom is 0.251 e. The molecular weight excluding hydrogens is 306 g/mol. The van der Waals surface area contributed by atoms with Gasteiger partial charge in [-0.3, -0.25) is 14.9 Å². The number of ether oxygens (including phenoxy) is 1. The lowest BCUT2D eigenvalue weighted by atomic mass is 10.1. The minimum Gasteiger partial charge on any atom is -0.496 e. The second-order valence-corrected chi connectivity index (χ2v) is 5.07. The van der Waals surface area contributed by atoms with E-state index in [-0.39, 0.29) is 5.91 Å². The lowest BCUT2D eigenvalue weighted by Crippen LogP contribution is -2.26. The van der Waals surface area contributed by atoms with Crippen LogP contribution in [0.1, 0.15) is 16.2 Å². The molecule has 0 radical (unpaired) electrons. The van der Waals surface area contributed by atoms with Gasteiger partial charge in [-0.25, -0.2) is 4.98 Å². The molecule has 0 atom stereocenters. The molecular formula is C17H17N5O2. The molecule has 7 nitrogen and oxygen atoms in total. The van der Waals surface area contributed by atoms with Crippen molar-refractivity contribution in [2.24, 2.45) is 0 Å². The molecule has 1 aromatic carbocycles. The van der Waals surface area contributed by atoms with Crippen molar-refractivity contribution < 1.29 is 9.53 Å². The van der Waals surface area contributed by atoms with Crippen LogP contribution in [0.4, 0.5) is 0 Å². The van der Waals surface area contributed by atoms with Gasteiger partial charge >= 0.3 is 0 Å². The van der Waals surface area contributed by atoms with Crippen molar-refractivity contribution in [3.05, 3.63) is 60.3 Å². The fourth-order valence-electron chi connectivity index (χ4n) is 2.32. The number of hydrogen-bond donors (Lipinski definition) is 2. The number of pyridine rings is 1. The highest BCUT2D eigenvalue weighted by Crippen LogP contribution is 2.29. The Labute approximate surface area is 139 Å². The molecule has 2 heterocycles. The van der Waals surface area contributed by atoms with Gasteiger partial charge in [0, 0.05) is 30.3 Å². The predicted octanol–water partition coefficient (Wildman–Crippen LogP) is 1.85. The van der Waals surface area contributed by atoms with Crippen LogP contribution in [0.3, 0.4) is 0 Å². The van der Waals surface area contributed by atoms with E-state index in [1.807, 2.05) is 18.2 Å². The maximum atomic E-state index is 12.3. The molecule has 122 valence electrons. The molecule has 2 N–H and O–H groups in total. The van der Waals surface area contributed by atoms with Crippen LogP contribution in [0.2, 0.25) is 0 Å². The van der Waals surface area contributed by atoms with E-state index in [0.717, 1.165) is 17.1 Å². The van der Waals surface area contributed by atoms with Crippen LogP contribution in [0.5, 0.6) is 5.75 Å². The van der Waals surface area contributed by atoms with Crippen molar-refractivity contribution in [2.75, 3.05) is 13.7 Å². The number of aromatic amines is 1. The highest BCUT2D eigenvalue weighted by atomic mass is 16.5. The topological polar surface area (TPSA) is 92.8 Å². The van der Waals surface area contributed by atoms with Crippen LogP contribution in [-0.4, -0.2) is 39.7 Å². The van der Waals surface area contributed by atoms with Gasteiger partial charge in [-0.15, -0.1) is 0 Å². The average Bonchev–Trinajstić information content (AvgIpc) is 3.15. The summed E-state index contributed by atoms with van der Waals surface area (Å²) in [5.41, 5.74) is 2.08. The van der Waals surface area contributed by atoms with E-state index < -0.39 is 0 Å². The summed E-state index contributed by atoms with van der Waals surface area (Å²) >= 11 is 0. The summed E-state index contributed by atoms with van der Waals surface area (Å²) < 4.78 is 5.37. The van der Waals surface area contributed by atoms with E-state index >= 15 is 0 Å². The second-order valence-electron chi connectivity index (χ2n) is 5.07. The van der Waals surface area contributed by atoms with E-state index in [2.05, 4.69) is 25.5 Å². The number of nitrogens with one attached hydrogen (secondary N) is 2. The normalized spacial score (nSPS) is 10.4. The van der Waals surface area contributed by atoms with E-state index in [9.17, 15) is 4.79 Å². The summed E-state index contributed by atoms with van der Waals surface area (Å²) in [7, 11) is 1.60. The smallest absolute Gasteiger partial charge is 0.251 e. The van der Waals surface area contributed by atoms with Crippen molar-refractivity contribution in [2.45, 2.75) is 6.42 Å². The molecule has 0 fully saturated rings. The quantitative estimate of drug-likeness (QED) is 0.722. The lowest BCUT2D eigenvalue weighted by molar-refractivity contribution is 0.0954. The number of aromatic nitrogens is 4. The number of amides is 1. The zero-order valence-corrected chi connectivity index (χ0v) is 13.2. The molecule has 1 amide bonds. The standard InChI is InChI=1S/C17H17N5O2/c1-24-15-6-5-12(10-13(15)14-4-2-3-8-18-14)17(23)19-9-7-16-20-11-21-22-16/h2-6,8,10-11H,7,9H2,1H3,(H,19,23)(H,20,21,22). The number of benzene rings is 1. The number of carbonyl (C=O) groups is 1. The molecule has 0 aliphatic heterocycles. The number of carbonyl (C=O) groups excluding carboxylic acids is 1. The summed E-state index contributed by atoms with van der Waals surface area (Å²) in [6.45, 7) is 0.471. The van der Waals surface area contributed by atoms with Gasteiger partial charge in [0.2, 0.25) is 0 Å². The SMILES string of the molecule is COc1ccc(C(=O)NCCc2ncn[nH]2)cc1-c1ccccn1. The first kappa shape index (κ1) is 15.7. The van der Waals surface area contributed by atoms with Crippen LogP contribution in [0.25, 0.3) is 11.3 Å². The van der Waals surface area contributed by atoms with Crippen LogP contribution in [0.15, 0.2) is 48.9 Å². The predicted molar refractivity (Wildman–Crippen MR) is 88.6 cm³/mol. The minimum atomic E-state index is -0.158. The summed E-state index contributed by atoms with van der Waals surface area (Å²) in [5, 5.41) is 9.40. The van der Waals surface area contributed by atoms with E-state index in [1.54, 1.807) is 31.5 Å². The third kappa shape index (κ3) is 3.57. The molecule has 0 saturated carbocycles. The van der Waals surface area contributed by atoms with Crippen molar-refractivity contribution >= 4 is 5.91 Å². The Morgan fingerprint density at radius 1 is 1.25 bits per heavy atom. The molecule has 3 aromatic rings. The van der Waals surface area contributed by atoms with Gasteiger partial charge in [-0.1, -0.05) is 6.07 Å². The monoisotopic (exact) mass is 323 g/mol. The van der Waals surface area contributed by atoms with Gasteiger partial charge < -0.3 is 10.1 Å². The Bertz CT molecular complexity index is 803. The molecule has 0 aliphatic carbocycles. The van der Waals surface area contributed by atoms with E-state index in [4.69, 9.17) is 4.74 Å². The van der Waals surface area contributed by atoms with Gasteiger partial charge in [0.1, 0.15) is 17.9 Å². The number of rotatable bonds is 6. The zero-order chi connectivity index (χ0) is 16.8. The first-order chi connectivity index (χ1) is 11.8. The number of methoxy groups -OCH3 is 1. The van der Waals surface area contributed by atoms with Crippen molar-refractivity contribution in [1.82, 2.24) is 25.5 Å². The lowest BCUT2D eigenvalue weighted by Gasteiger charge is -2.10. The van der Waals surface area contributed by atoms with Crippen LogP contribution >= 0.6 is 0 Å². The first-order valence-electron chi connectivity index (χ1n) is 7.50. The van der Waals surface area contributed by atoms with Gasteiger partial charge in [0.05, 0.1) is 12.8 Å². The van der Waals surface area contributed by atoms with Crippen molar-refractivity contribution in [1.29, 1.82) is 0 Å². The first-order valence-corrected chi connectivity index (χ1v) is 7.50. The maximum absolute atomic E-state index is 12.3. The fourth-order valence-corrected chi connectivity index (χ4v) is 2.32. The Morgan fingerprint density at radius 2 is 2.17 bits per heavy atom. The Balaban J connectivity index is 1.74. The molecule has 2 aromatic heterocycles. The summed E-state index contributed by atoms with van der Waals surface area (Å²) in [6, 6.07) is 10.9. The number of hydrogen-bond acceptors (Lipinski definition) is 5. The second kappa shape index (κ2) is 7.36. The van der Waals surface area contributed by atoms with Gasteiger partial charge in [0.15, 0.2) is 0 Å². The molecule has 0 unspecified atom stereocenters. The summed E-state index contributed by atoms with van der Waals surface area (Å²) in [5.74, 6) is 1.25. The van der Waals surface area contributed by atoms with Crippen LogP contribution < -0.4 is 10.1 Å². The van der Waals surface area contributed by atoms with Crippen molar-refractivity contribution in [3.8, 4) is 17.0 Å². The molecule has 0 spiro atoms. The van der Waals surface area contributed by atoms with Gasteiger partial charge in [-0.05, 0) is 30.3 Å². The summed E-state index contributed by atoms with van der Waals surface area (Å²) in [6.07, 6.45) is 3.74. The largest absolute Gasteiger partial charge is 0.496 e. The molecule has 3 rings (SSSR count). The Morgan fingerprint density at radius 3 is 2.88 bits per heavy atom. The average molecular weight is 323 g/mol. The highest BCUT2D eigenvalue weighted by Gasteiger charge is 2.12. The highest BCUT2D eigenvalue weighted by molar-refractivity contribution is 5.96. The van der Waals surface area contributed by atoms with Gasteiger partial charge in [0.25, 0.3) is 5.91 Å². The molecule has 24 heavy (non-hydrogen) atoms. The zero-order valence-electron chi connectivity index (χ0n) is 13.2. The summed E-state index contributed by atoms with van der Waals surface area (Å²) in [4.78, 5) is 20.7. The molecule has 0 bridgehead atoms. The number of nitrogens with zero attached hydrogens (tertiary/aromatic N) is 3. The van der Waals surface area contributed by atoms with Gasteiger partial charge in [-0.2, -0.15) is 5.10 Å². The molecule has 7 heteroatoms. The Hall–Kier alpha value is -3.22. The van der Waals surface area contributed by atoms with E-state index in [1.165, 1.54) is 6.33 Å². The van der Waals surface area contributed by atoms with E-state index in [0.29, 0.717) is 24.3 Å². The third-order valence-electron chi connectivity index (χ3n) is 3.51. The molecule has 0 aliphatic rings. The van der Waals surface area contributed by atoms with Crippen molar-refractivity contribution in [3.63, 3.8) is 0 Å². The minimum absolute atomic E-state index is 0.158. The Kier molecular flexibility index (Phi) is 4.81. The third-order valence-corrected chi connectivity index (χ3v) is 3.51.